The van der Waals surface area contributed by atoms with Crippen molar-refractivity contribution in [2.45, 2.75) is 13.8 Å². The average molecular weight is 422 g/mol. The van der Waals surface area contributed by atoms with Crippen molar-refractivity contribution < 1.29 is 14.3 Å². The third-order valence-corrected chi connectivity index (χ3v) is 5.28. The van der Waals surface area contributed by atoms with Crippen LogP contribution in [0, 0.1) is 13.8 Å². The molecule has 2 heterocycles. The lowest BCUT2D eigenvalue weighted by Gasteiger charge is -2.11. The largest absolute Gasteiger partial charge is 0.497 e. The topological polar surface area (TPSA) is 63.6 Å². The molecule has 0 saturated carbocycles. The molecule has 30 heavy (non-hydrogen) atoms. The number of anilines is 1. The van der Waals surface area contributed by atoms with Crippen LogP contribution in [0.5, 0.6) is 5.75 Å². The van der Waals surface area contributed by atoms with Crippen LogP contribution in [-0.2, 0) is 4.79 Å². The fourth-order valence-corrected chi connectivity index (χ4v) is 3.79. The molecule has 1 aromatic heterocycles. The van der Waals surface area contributed by atoms with Crippen molar-refractivity contribution in [2.24, 2.45) is 0 Å². The van der Waals surface area contributed by atoms with Gasteiger partial charge in [-0.05, 0) is 74.0 Å². The third-order valence-electron chi connectivity index (χ3n) is 5.05. The van der Waals surface area contributed by atoms with Gasteiger partial charge < -0.3 is 14.6 Å². The van der Waals surface area contributed by atoms with E-state index in [-0.39, 0.29) is 5.70 Å². The Labute approximate surface area is 179 Å². The zero-order valence-corrected chi connectivity index (χ0v) is 17.5. The number of urea groups is 1. The van der Waals surface area contributed by atoms with E-state index in [1.807, 2.05) is 44.2 Å². The number of hydrogen-bond donors (Lipinski definition) is 1. The summed E-state index contributed by atoms with van der Waals surface area (Å²) in [6.07, 6.45) is 1.70. The molecule has 1 N–H and O–H groups in total. The van der Waals surface area contributed by atoms with E-state index in [0.717, 1.165) is 33.3 Å². The Morgan fingerprint density at radius 2 is 1.73 bits per heavy atom. The molecule has 0 unspecified atom stereocenters. The van der Waals surface area contributed by atoms with Crippen molar-refractivity contribution in [3.63, 3.8) is 0 Å². The number of amides is 3. The highest BCUT2D eigenvalue weighted by Gasteiger charge is 2.35. The molecule has 0 atom stereocenters. The number of ether oxygens (including phenoxy) is 1. The molecule has 3 amide bonds. The van der Waals surface area contributed by atoms with Gasteiger partial charge in [0.1, 0.15) is 11.4 Å². The van der Waals surface area contributed by atoms with E-state index >= 15 is 0 Å². The van der Waals surface area contributed by atoms with Gasteiger partial charge in [0.15, 0.2) is 0 Å². The molecular weight excluding hydrogens is 402 g/mol. The van der Waals surface area contributed by atoms with E-state index in [1.165, 1.54) is 0 Å². The summed E-state index contributed by atoms with van der Waals surface area (Å²) < 4.78 is 7.31. The molecule has 0 bridgehead atoms. The minimum absolute atomic E-state index is 0.218. The highest BCUT2D eigenvalue weighted by Crippen LogP contribution is 2.27. The van der Waals surface area contributed by atoms with Crippen LogP contribution in [0.25, 0.3) is 11.8 Å². The quantitative estimate of drug-likeness (QED) is 0.483. The summed E-state index contributed by atoms with van der Waals surface area (Å²) in [5.41, 5.74) is 4.44. The zero-order valence-electron chi connectivity index (χ0n) is 16.8. The first-order valence-corrected chi connectivity index (χ1v) is 9.73. The van der Waals surface area contributed by atoms with E-state index in [1.54, 1.807) is 37.5 Å². The number of carbonyl (C=O) groups is 2. The number of aryl methyl sites for hydroxylation is 1. The van der Waals surface area contributed by atoms with Gasteiger partial charge in [-0.25, -0.2) is 9.69 Å². The number of hydrogen-bond acceptors (Lipinski definition) is 3. The zero-order chi connectivity index (χ0) is 21.4. The van der Waals surface area contributed by atoms with Crippen LogP contribution in [0.4, 0.5) is 10.5 Å². The SMILES string of the molecule is COc1ccc(-n2c(C)cc(C=C3NC(=O)N(c4cccc(Cl)c4)C3=O)c2C)cc1. The molecule has 1 aliphatic heterocycles. The van der Waals surface area contributed by atoms with Gasteiger partial charge in [0.2, 0.25) is 0 Å². The number of imide groups is 1. The molecule has 3 aromatic rings. The molecule has 4 rings (SSSR count). The monoisotopic (exact) mass is 421 g/mol. The van der Waals surface area contributed by atoms with Crippen molar-refractivity contribution in [2.75, 3.05) is 12.0 Å². The summed E-state index contributed by atoms with van der Waals surface area (Å²) in [7, 11) is 1.63. The van der Waals surface area contributed by atoms with Gasteiger partial charge in [-0.1, -0.05) is 17.7 Å². The van der Waals surface area contributed by atoms with Gasteiger partial charge in [-0.15, -0.1) is 0 Å². The van der Waals surface area contributed by atoms with Crippen LogP contribution < -0.4 is 15.0 Å². The fourth-order valence-electron chi connectivity index (χ4n) is 3.60. The number of methoxy groups -OCH3 is 1. The Hall–Kier alpha value is -3.51. The molecule has 152 valence electrons. The van der Waals surface area contributed by atoms with E-state index in [9.17, 15) is 9.59 Å². The lowest BCUT2D eigenvalue weighted by Crippen LogP contribution is -2.30. The summed E-state index contributed by atoms with van der Waals surface area (Å²) in [5, 5.41) is 3.11. The maximum absolute atomic E-state index is 12.9. The Balaban J connectivity index is 1.68. The van der Waals surface area contributed by atoms with Crippen molar-refractivity contribution in [3.8, 4) is 11.4 Å². The van der Waals surface area contributed by atoms with Crippen molar-refractivity contribution in [3.05, 3.63) is 82.3 Å². The van der Waals surface area contributed by atoms with Gasteiger partial charge in [0, 0.05) is 22.1 Å². The smallest absolute Gasteiger partial charge is 0.333 e. The maximum atomic E-state index is 12.9. The summed E-state index contributed by atoms with van der Waals surface area (Å²) in [4.78, 5) is 26.4. The number of aromatic nitrogens is 1. The number of halogens is 1. The average Bonchev–Trinajstić information content (AvgIpc) is 3.16. The summed E-state index contributed by atoms with van der Waals surface area (Å²) in [6, 6.07) is 15.9. The third kappa shape index (κ3) is 3.46. The minimum Gasteiger partial charge on any atom is -0.497 e. The molecule has 1 aliphatic rings. The summed E-state index contributed by atoms with van der Waals surface area (Å²) >= 11 is 6.01. The molecule has 7 heteroatoms. The van der Waals surface area contributed by atoms with Crippen LogP contribution in [0.1, 0.15) is 17.0 Å². The Bertz CT molecular complexity index is 1180. The van der Waals surface area contributed by atoms with Crippen LogP contribution in [0.15, 0.2) is 60.3 Å². The Morgan fingerprint density at radius 1 is 1.00 bits per heavy atom. The normalized spacial score (nSPS) is 15.1. The lowest BCUT2D eigenvalue weighted by molar-refractivity contribution is -0.113. The fraction of sp³-hybridized carbons (Fsp3) is 0.130. The molecule has 0 spiro atoms. The van der Waals surface area contributed by atoms with E-state index in [2.05, 4.69) is 9.88 Å². The second-order valence-electron chi connectivity index (χ2n) is 6.97. The predicted molar refractivity (Wildman–Crippen MR) is 117 cm³/mol. The van der Waals surface area contributed by atoms with E-state index in [0.29, 0.717) is 10.7 Å². The molecular formula is C23H20ClN3O3. The number of rotatable bonds is 4. The van der Waals surface area contributed by atoms with E-state index < -0.39 is 11.9 Å². The minimum atomic E-state index is -0.502. The maximum Gasteiger partial charge on any atom is 0.333 e. The van der Waals surface area contributed by atoms with Crippen LogP contribution >= 0.6 is 11.6 Å². The molecule has 1 fully saturated rings. The first kappa shape index (κ1) is 19.8. The number of benzene rings is 2. The summed E-state index contributed by atoms with van der Waals surface area (Å²) in [5.74, 6) is 0.362. The highest BCUT2D eigenvalue weighted by molar-refractivity contribution is 6.32. The number of nitrogens with one attached hydrogen (secondary N) is 1. The Morgan fingerprint density at radius 3 is 2.40 bits per heavy atom. The van der Waals surface area contributed by atoms with E-state index in [4.69, 9.17) is 16.3 Å². The van der Waals surface area contributed by atoms with Crippen LogP contribution in [0.2, 0.25) is 5.02 Å². The van der Waals surface area contributed by atoms with Crippen LogP contribution in [-0.4, -0.2) is 23.6 Å². The second kappa shape index (κ2) is 7.72. The van der Waals surface area contributed by atoms with Gasteiger partial charge in [0.05, 0.1) is 12.8 Å². The van der Waals surface area contributed by atoms with Gasteiger partial charge in [-0.2, -0.15) is 0 Å². The van der Waals surface area contributed by atoms with Gasteiger partial charge in [0.25, 0.3) is 5.91 Å². The molecule has 6 nitrogen and oxygen atoms in total. The lowest BCUT2D eigenvalue weighted by atomic mass is 10.2. The van der Waals surface area contributed by atoms with Crippen molar-refractivity contribution in [1.29, 1.82) is 0 Å². The molecule has 0 aliphatic carbocycles. The Kier molecular flexibility index (Phi) is 5.10. The van der Waals surface area contributed by atoms with Crippen molar-refractivity contribution in [1.82, 2.24) is 9.88 Å². The summed E-state index contributed by atoms with van der Waals surface area (Å²) in [6.45, 7) is 3.96. The predicted octanol–water partition coefficient (Wildman–Crippen LogP) is 4.85. The number of nitrogens with zero attached hydrogens (tertiary/aromatic N) is 2. The molecule has 0 radical (unpaired) electrons. The number of carbonyl (C=O) groups excluding carboxylic acids is 2. The van der Waals surface area contributed by atoms with Gasteiger partial charge >= 0.3 is 6.03 Å². The molecule has 2 aromatic carbocycles. The highest BCUT2D eigenvalue weighted by atomic mass is 35.5. The van der Waals surface area contributed by atoms with Crippen molar-refractivity contribution >= 4 is 35.3 Å². The van der Waals surface area contributed by atoms with Crippen LogP contribution in [0.3, 0.4) is 0 Å². The molecule has 1 saturated heterocycles. The second-order valence-corrected chi connectivity index (χ2v) is 7.40. The first-order chi connectivity index (χ1) is 14.4. The van der Waals surface area contributed by atoms with Gasteiger partial charge in [-0.3, -0.25) is 4.79 Å². The first-order valence-electron chi connectivity index (χ1n) is 9.35. The standard InChI is InChI=1S/C23H20ClN3O3/c1-14-11-16(15(2)26(14)18-7-9-20(30-3)10-8-18)12-21-22(28)27(23(29)25-21)19-6-4-5-17(24)13-19/h4-13H,1-3H3,(H,25,29).